The average Bonchev–Trinajstić information content (AvgIpc) is 2.32. The number of thioether (sulfide) groups is 1. The Kier molecular flexibility index (Phi) is 7.19. The molecule has 0 unspecified atom stereocenters. The molecular weight excluding hydrogens is 238 g/mol. The number of rotatable bonds is 9. The molecule has 0 aromatic heterocycles. The first-order valence-corrected chi connectivity index (χ1v) is 6.73. The highest BCUT2D eigenvalue weighted by atomic mass is 32.2. The van der Waals surface area contributed by atoms with E-state index in [2.05, 4.69) is 5.32 Å². The van der Waals surface area contributed by atoms with E-state index in [4.69, 9.17) is 4.11 Å². The largest absolute Gasteiger partial charge is 0.393 e. The molecule has 1 atom stereocenters. The second kappa shape index (κ2) is 10.6. The zero-order valence-corrected chi connectivity index (χ0v) is 11.2. The van der Waals surface area contributed by atoms with E-state index in [-0.39, 0.29) is 25.2 Å². The van der Waals surface area contributed by atoms with Gasteiger partial charge in [-0.3, -0.25) is 9.59 Å². The van der Waals surface area contributed by atoms with Crippen LogP contribution in [0.5, 0.6) is 0 Å². The molecule has 0 aliphatic carbocycles. The summed E-state index contributed by atoms with van der Waals surface area (Å²) in [5.74, 6) is 0.109. The van der Waals surface area contributed by atoms with Crippen molar-refractivity contribution in [2.75, 3.05) is 12.3 Å². The van der Waals surface area contributed by atoms with Crippen molar-refractivity contribution in [2.45, 2.75) is 52.0 Å². The summed E-state index contributed by atoms with van der Waals surface area (Å²) in [5, 5.41) is 11.6. The van der Waals surface area contributed by atoms with Gasteiger partial charge in [-0.25, -0.2) is 0 Å². The molecular formula is C12H23NO3S. The Morgan fingerprint density at radius 2 is 2.24 bits per heavy atom. The summed E-state index contributed by atoms with van der Waals surface area (Å²) in [5.41, 5.74) is 0. The molecule has 0 heterocycles. The van der Waals surface area contributed by atoms with Crippen molar-refractivity contribution in [2.24, 2.45) is 0 Å². The highest BCUT2D eigenvalue weighted by molar-refractivity contribution is 8.13. The molecule has 0 aromatic rings. The van der Waals surface area contributed by atoms with Gasteiger partial charge < -0.3 is 10.4 Å². The first-order valence-electron chi connectivity index (χ1n) is 7.25. The summed E-state index contributed by atoms with van der Waals surface area (Å²) < 4.78 is 22.9. The second-order valence-electron chi connectivity index (χ2n) is 3.61. The molecule has 0 bridgehead atoms. The van der Waals surface area contributed by atoms with E-state index >= 15 is 0 Å². The van der Waals surface area contributed by atoms with Crippen LogP contribution in [-0.4, -0.2) is 34.5 Å². The van der Waals surface area contributed by atoms with Crippen molar-refractivity contribution in [1.29, 1.82) is 0 Å². The highest BCUT2D eigenvalue weighted by Crippen LogP contribution is 2.11. The predicted molar refractivity (Wildman–Crippen MR) is 70.9 cm³/mol. The van der Waals surface area contributed by atoms with E-state index in [0.717, 1.165) is 11.8 Å². The Balaban J connectivity index is 4.14. The fraction of sp³-hybridized carbons (Fsp3) is 0.833. The molecule has 0 rings (SSSR count). The van der Waals surface area contributed by atoms with Crippen LogP contribution in [0.1, 0.15) is 50.0 Å². The van der Waals surface area contributed by atoms with Gasteiger partial charge in [-0.15, -0.1) is 0 Å². The zero-order valence-electron chi connectivity index (χ0n) is 13.4. The van der Waals surface area contributed by atoms with E-state index in [9.17, 15) is 14.7 Å². The lowest BCUT2D eigenvalue weighted by atomic mass is 10.1. The van der Waals surface area contributed by atoms with Gasteiger partial charge in [0.25, 0.3) is 0 Å². The van der Waals surface area contributed by atoms with Crippen molar-refractivity contribution < 1.29 is 18.8 Å². The van der Waals surface area contributed by atoms with Crippen LogP contribution in [0.25, 0.3) is 0 Å². The first-order chi connectivity index (χ1) is 9.10. The third-order valence-electron chi connectivity index (χ3n) is 1.93. The molecule has 17 heavy (non-hydrogen) atoms. The number of nitrogens with one attached hydrogen (secondary N) is 1. The van der Waals surface area contributed by atoms with Crippen LogP contribution in [0.15, 0.2) is 0 Å². The minimum absolute atomic E-state index is 0.0775. The maximum Gasteiger partial charge on any atom is 0.216 e. The zero-order chi connectivity index (χ0) is 15.8. The van der Waals surface area contributed by atoms with E-state index in [1.807, 2.05) is 6.92 Å². The topological polar surface area (TPSA) is 66.4 Å². The second-order valence-corrected chi connectivity index (χ2v) is 4.68. The molecule has 4 nitrogen and oxygen atoms in total. The van der Waals surface area contributed by atoms with Crippen molar-refractivity contribution >= 4 is 22.8 Å². The lowest BCUT2D eigenvalue weighted by Gasteiger charge is -2.07. The van der Waals surface area contributed by atoms with Gasteiger partial charge in [-0.05, 0) is 19.3 Å². The molecule has 0 spiro atoms. The summed E-state index contributed by atoms with van der Waals surface area (Å²) in [4.78, 5) is 22.3. The van der Waals surface area contributed by atoms with Crippen molar-refractivity contribution in [1.82, 2.24) is 5.32 Å². The van der Waals surface area contributed by atoms with Gasteiger partial charge >= 0.3 is 0 Å². The molecule has 5 heteroatoms. The molecule has 0 saturated heterocycles. The SMILES string of the molecule is [2H]C([2H])(CC[C@@]([2H])(O)CCC)C(=O)SCCNC(C)=O. The molecule has 2 N–H and O–H groups in total. The normalized spacial score (nSPS) is 17.5. The molecule has 0 saturated carbocycles. The molecule has 0 aliphatic rings. The maximum atomic E-state index is 11.7. The Labute approximate surface area is 112 Å². The maximum absolute atomic E-state index is 11.7. The first kappa shape index (κ1) is 11.5. The van der Waals surface area contributed by atoms with Crippen LogP contribution in [-0.2, 0) is 9.59 Å². The summed E-state index contributed by atoms with van der Waals surface area (Å²) in [6, 6.07) is 0. The van der Waals surface area contributed by atoms with Gasteiger partial charge in [-0.1, -0.05) is 25.1 Å². The van der Waals surface area contributed by atoms with Crippen molar-refractivity contribution in [3.63, 3.8) is 0 Å². The van der Waals surface area contributed by atoms with Crippen LogP contribution >= 0.6 is 11.8 Å². The number of hydrogen-bond donors (Lipinski definition) is 2. The lowest BCUT2D eigenvalue weighted by Crippen LogP contribution is -2.22. The third kappa shape index (κ3) is 11.7. The van der Waals surface area contributed by atoms with E-state index < -0.39 is 17.6 Å². The van der Waals surface area contributed by atoms with Gasteiger partial charge in [0.2, 0.25) is 5.91 Å². The lowest BCUT2D eigenvalue weighted by molar-refractivity contribution is -0.118. The standard InChI is InChI=1S/C12H23NO3S/c1-3-5-11(15)6-4-7-12(16)17-9-8-13-10(2)14/h11,15H,3-9H2,1-2H3,(H,13,14)/t11-/m0/s1/i7D2,11D. The average molecular weight is 264 g/mol. The van der Waals surface area contributed by atoms with Crippen molar-refractivity contribution in [3.8, 4) is 0 Å². The Hall–Kier alpha value is -0.550. The quantitative estimate of drug-likeness (QED) is 0.622. The Morgan fingerprint density at radius 3 is 2.82 bits per heavy atom. The van der Waals surface area contributed by atoms with Crippen LogP contribution in [0.4, 0.5) is 0 Å². The number of hydrogen-bond acceptors (Lipinski definition) is 4. The van der Waals surface area contributed by atoms with Crippen LogP contribution < -0.4 is 5.32 Å². The Bertz CT molecular complexity index is 338. The van der Waals surface area contributed by atoms with Gasteiger partial charge in [-0.2, -0.15) is 0 Å². The summed E-state index contributed by atoms with van der Waals surface area (Å²) in [6.45, 7) is 3.51. The molecule has 100 valence electrons. The molecule has 0 aliphatic heterocycles. The summed E-state index contributed by atoms with van der Waals surface area (Å²) in [6.07, 6.45) is -3.12. The minimum Gasteiger partial charge on any atom is -0.393 e. The van der Waals surface area contributed by atoms with Gasteiger partial charge in [0, 0.05) is 28.3 Å². The van der Waals surface area contributed by atoms with Crippen LogP contribution in [0.2, 0.25) is 0 Å². The van der Waals surface area contributed by atoms with Gasteiger partial charge in [0.1, 0.15) is 0 Å². The molecule has 0 radical (unpaired) electrons. The van der Waals surface area contributed by atoms with Crippen LogP contribution in [0, 0.1) is 0 Å². The van der Waals surface area contributed by atoms with E-state index in [1.54, 1.807) is 0 Å². The van der Waals surface area contributed by atoms with E-state index in [1.165, 1.54) is 6.92 Å². The predicted octanol–water partition coefficient (Wildman–Crippen LogP) is 1.71. The number of aliphatic hydroxyl groups is 1. The highest BCUT2D eigenvalue weighted by Gasteiger charge is 2.06. The number of amides is 1. The van der Waals surface area contributed by atoms with E-state index in [0.29, 0.717) is 18.7 Å². The van der Waals surface area contributed by atoms with Gasteiger partial charge in [0.05, 0.1) is 7.45 Å². The monoisotopic (exact) mass is 264 g/mol. The fourth-order valence-electron chi connectivity index (χ4n) is 1.14. The number of carbonyl (C=O) groups is 2. The molecule has 0 aromatic carbocycles. The number of carbonyl (C=O) groups excluding carboxylic acids is 2. The third-order valence-corrected chi connectivity index (χ3v) is 2.75. The smallest absolute Gasteiger partial charge is 0.216 e. The Morgan fingerprint density at radius 1 is 1.53 bits per heavy atom. The summed E-state index contributed by atoms with van der Waals surface area (Å²) >= 11 is 0.818. The van der Waals surface area contributed by atoms with Crippen molar-refractivity contribution in [3.05, 3.63) is 0 Å². The molecule has 0 fully saturated rings. The molecule has 1 amide bonds. The fourth-order valence-corrected chi connectivity index (χ4v) is 1.74. The van der Waals surface area contributed by atoms with Crippen LogP contribution in [0.3, 0.4) is 0 Å². The summed E-state index contributed by atoms with van der Waals surface area (Å²) in [7, 11) is 0. The minimum atomic E-state index is -2.07. The van der Waals surface area contributed by atoms with Gasteiger partial charge in [0.15, 0.2) is 5.12 Å².